The van der Waals surface area contributed by atoms with Gasteiger partial charge < -0.3 is 4.74 Å². The fourth-order valence-corrected chi connectivity index (χ4v) is 12.2. The quantitative estimate of drug-likeness (QED) is 0.168. The van der Waals surface area contributed by atoms with E-state index in [1.165, 1.54) is 102 Å². The van der Waals surface area contributed by atoms with Gasteiger partial charge in [-0.25, -0.2) is 0 Å². The van der Waals surface area contributed by atoms with Gasteiger partial charge in [-0.05, 0) is 106 Å². The van der Waals surface area contributed by atoms with Crippen molar-refractivity contribution in [3.8, 4) is 22.3 Å². The van der Waals surface area contributed by atoms with Crippen LogP contribution in [0.1, 0.15) is 75.3 Å². The Balaban J connectivity index is 0.000000448. The van der Waals surface area contributed by atoms with Crippen molar-refractivity contribution in [1.82, 2.24) is 0 Å². The molecule has 2 aromatic heterocycles. The molecular weight excluding hydrogens is 777 g/mol. The second-order valence-electron chi connectivity index (χ2n) is 18.3. The van der Waals surface area contributed by atoms with E-state index in [-0.39, 0.29) is 16.4 Å². The topological polar surface area (TPSA) is 9.23 Å². The predicted molar refractivity (Wildman–Crippen MR) is 266 cm³/mol. The molecule has 11 rings (SSSR count). The number of aryl methyl sites for hydroxylation is 1. The van der Waals surface area contributed by atoms with E-state index in [0.717, 1.165) is 12.8 Å². The maximum Gasteiger partial charge on any atom is 0.0676 e. The minimum absolute atomic E-state index is 0.0208. The highest BCUT2D eigenvalue weighted by atomic mass is 32.1. The Morgan fingerprint density at radius 2 is 1.05 bits per heavy atom. The van der Waals surface area contributed by atoms with Crippen molar-refractivity contribution in [2.75, 3.05) is 7.11 Å². The molecule has 1 unspecified atom stereocenters. The Bertz CT molecular complexity index is 3180. The molecule has 0 spiro atoms. The summed E-state index contributed by atoms with van der Waals surface area (Å²) in [6.07, 6.45) is 6.85. The molecule has 2 heterocycles. The van der Waals surface area contributed by atoms with Gasteiger partial charge in [0.25, 0.3) is 0 Å². The number of ether oxygens (including phenoxy) is 1. The molecule has 0 saturated carbocycles. The van der Waals surface area contributed by atoms with Gasteiger partial charge in [0.15, 0.2) is 0 Å². The third-order valence-corrected chi connectivity index (χ3v) is 16.6. The highest BCUT2D eigenvalue weighted by Crippen LogP contribution is 2.57. The van der Waals surface area contributed by atoms with E-state index >= 15 is 0 Å². The molecular formula is C58H52OS2. The standard InChI is InChI=1S/C50H34S2.C8H18O/c1-31-11-8-17-42-43-19-10-16-37(49(43)52-47(31)42)33-25-29-35(30-26-33)50(44-20-5-2-12-38(44)39-13-3-6-21-45(39)50)34-27-23-32(24-28-34)36-15-9-18-41-40-14-4-7-22-46(40)51-48(36)41;1-7(2,3)8(4,5)9-6/h2-5,7-20,22-30H,6,21H2,1H3;1-6H3. The average Bonchev–Trinajstić information content (AvgIpc) is 3.96. The Labute approximate surface area is 368 Å². The molecule has 302 valence electrons. The van der Waals surface area contributed by atoms with Crippen molar-refractivity contribution in [2.45, 2.75) is 65.4 Å². The molecule has 0 aliphatic heterocycles. The van der Waals surface area contributed by atoms with Crippen LogP contribution in [0, 0.1) is 12.3 Å². The number of allylic oxidation sites excluding steroid dienone is 4. The molecule has 61 heavy (non-hydrogen) atoms. The lowest BCUT2D eigenvalue weighted by atomic mass is 9.65. The minimum atomic E-state index is -0.363. The van der Waals surface area contributed by atoms with Crippen LogP contribution in [0.2, 0.25) is 0 Å². The molecule has 9 aromatic rings. The first kappa shape index (κ1) is 39.5. The van der Waals surface area contributed by atoms with Gasteiger partial charge in [0.2, 0.25) is 0 Å². The van der Waals surface area contributed by atoms with E-state index in [2.05, 4.69) is 205 Å². The van der Waals surface area contributed by atoms with Crippen LogP contribution in [-0.4, -0.2) is 12.7 Å². The Kier molecular flexibility index (Phi) is 9.79. The lowest BCUT2D eigenvalue weighted by Gasteiger charge is -2.37. The van der Waals surface area contributed by atoms with Crippen molar-refractivity contribution < 1.29 is 4.74 Å². The van der Waals surface area contributed by atoms with Crippen LogP contribution in [-0.2, 0) is 10.2 Å². The fraction of sp³-hybridized carbons (Fsp3) is 0.207. The fourth-order valence-electron chi connectivity index (χ4n) is 9.61. The van der Waals surface area contributed by atoms with Crippen molar-refractivity contribution in [2.24, 2.45) is 5.41 Å². The molecule has 0 N–H and O–H groups in total. The van der Waals surface area contributed by atoms with Gasteiger partial charge in [-0.15, -0.1) is 22.7 Å². The van der Waals surface area contributed by atoms with E-state index in [4.69, 9.17) is 4.74 Å². The van der Waals surface area contributed by atoms with Crippen LogP contribution in [0.3, 0.4) is 0 Å². The largest absolute Gasteiger partial charge is 0.378 e. The zero-order valence-corrected chi connectivity index (χ0v) is 37.9. The zero-order chi connectivity index (χ0) is 42.1. The number of benzene rings is 7. The smallest absolute Gasteiger partial charge is 0.0676 e. The molecule has 0 radical (unpaired) electrons. The first-order chi connectivity index (χ1) is 29.5. The first-order valence-electron chi connectivity index (χ1n) is 21.6. The van der Waals surface area contributed by atoms with Crippen LogP contribution in [0.5, 0.6) is 0 Å². The van der Waals surface area contributed by atoms with Crippen molar-refractivity contribution >= 4 is 68.6 Å². The summed E-state index contributed by atoms with van der Waals surface area (Å²) in [5, 5.41) is 5.39. The van der Waals surface area contributed by atoms with E-state index in [1.807, 2.05) is 22.7 Å². The number of rotatable bonds is 5. The normalized spacial score (nSPS) is 16.3. The zero-order valence-electron chi connectivity index (χ0n) is 36.2. The second-order valence-corrected chi connectivity index (χ2v) is 20.3. The summed E-state index contributed by atoms with van der Waals surface area (Å²) in [5.41, 5.74) is 14.7. The van der Waals surface area contributed by atoms with Gasteiger partial charge in [-0.3, -0.25) is 0 Å². The van der Waals surface area contributed by atoms with Crippen LogP contribution in [0.4, 0.5) is 0 Å². The van der Waals surface area contributed by atoms with Crippen LogP contribution in [0.15, 0.2) is 169 Å². The summed E-state index contributed by atoms with van der Waals surface area (Å²) in [4.78, 5) is 0. The molecule has 2 aliphatic carbocycles. The summed E-state index contributed by atoms with van der Waals surface area (Å²) in [7, 11) is 1.76. The third kappa shape index (κ3) is 6.35. The summed E-state index contributed by atoms with van der Waals surface area (Å²) < 4.78 is 10.8. The lowest BCUT2D eigenvalue weighted by Crippen LogP contribution is -2.38. The lowest BCUT2D eigenvalue weighted by molar-refractivity contribution is -0.0620. The third-order valence-electron chi connectivity index (χ3n) is 13.9. The number of thiophene rings is 2. The molecule has 2 aliphatic rings. The monoisotopic (exact) mass is 828 g/mol. The van der Waals surface area contributed by atoms with E-state index in [0.29, 0.717) is 0 Å². The summed E-state index contributed by atoms with van der Waals surface area (Å²) in [6, 6.07) is 57.3. The molecule has 3 heteroatoms. The second kappa shape index (κ2) is 15.1. The molecule has 0 saturated heterocycles. The maximum atomic E-state index is 5.30. The summed E-state index contributed by atoms with van der Waals surface area (Å²) >= 11 is 3.83. The Morgan fingerprint density at radius 3 is 1.67 bits per heavy atom. The van der Waals surface area contributed by atoms with Gasteiger partial charge >= 0.3 is 0 Å². The molecule has 1 atom stereocenters. The van der Waals surface area contributed by atoms with Crippen molar-refractivity contribution in [3.05, 3.63) is 197 Å². The van der Waals surface area contributed by atoms with Gasteiger partial charge in [0.05, 0.1) is 11.0 Å². The van der Waals surface area contributed by atoms with Gasteiger partial charge in [-0.2, -0.15) is 0 Å². The average molecular weight is 829 g/mol. The number of methoxy groups -OCH3 is 1. The highest BCUT2D eigenvalue weighted by molar-refractivity contribution is 7.26. The molecule has 7 aromatic carbocycles. The van der Waals surface area contributed by atoms with Crippen LogP contribution in [0.25, 0.3) is 68.2 Å². The Morgan fingerprint density at radius 1 is 0.525 bits per heavy atom. The van der Waals surface area contributed by atoms with Crippen molar-refractivity contribution in [3.63, 3.8) is 0 Å². The first-order valence-corrected chi connectivity index (χ1v) is 23.2. The molecule has 0 bridgehead atoms. The van der Waals surface area contributed by atoms with Gasteiger partial charge in [-0.1, -0.05) is 179 Å². The maximum absolute atomic E-state index is 5.30. The Hall–Kier alpha value is -5.58. The summed E-state index contributed by atoms with van der Waals surface area (Å²) in [6.45, 7) is 13.0. The van der Waals surface area contributed by atoms with E-state index in [9.17, 15) is 0 Å². The molecule has 0 amide bonds. The minimum Gasteiger partial charge on any atom is -0.378 e. The van der Waals surface area contributed by atoms with Crippen LogP contribution >= 0.6 is 22.7 Å². The molecule has 1 nitrogen and oxygen atoms in total. The number of hydrogen-bond donors (Lipinski definition) is 0. The number of fused-ring (bicyclic) bond motifs is 8. The van der Waals surface area contributed by atoms with Crippen molar-refractivity contribution in [1.29, 1.82) is 0 Å². The van der Waals surface area contributed by atoms with Gasteiger partial charge in [0, 0.05) is 47.5 Å². The highest BCUT2D eigenvalue weighted by Gasteiger charge is 2.47. The summed E-state index contributed by atoms with van der Waals surface area (Å²) in [5.74, 6) is 0. The molecule has 0 fully saturated rings. The SMILES string of the molecule is COC(C)(C)C(C)(C)C.Cc1cccc2c1sc1c(-c3ccc(C4(c5ccc(-c6cccc7c6sc6ccccc67)cc5)C5=C(C=CCC5)c5ccccc54)cc3)cccc12. The van der Waals surface area contributed by atoms with Crippen LogP contribution < -0.4 is 0 Å². The van der Waals surface area contributed by atoms with E-state index < -0.39 is 0 Å². The number of hydrogen-bond acceptors (Lipinski definition) is 3. The predicted octanol–water partition coefficient (Wildman–Crippen LogP) is 17.0. The van der Waals surface area contributed by atoms with E-state index in [1.54, 1.807) is 7.11 Å². The van der Waals surface area contributed by atoms with Gasteiger partial charge in [0.1, 0.15) is 0 Å².